The Morgan fingerprint density at radius 2 is 1.53 bits per heavy atom. The summed E-state index contributed by atoms with van der Waals surface area (Å²) in [6, 6.07) is 15.1. The van der Waals surface area contributed by atoms with Gasteiger partial charge in [-0.1, -0.05) is 36.4 Å². The van der Waals surface area contributed by atoms with Crippen molar-refractivity contribution in [1.29, 1.82) is 0 Å². The van der Waals surface area contributed by atoms with Gasteiger partial charge in [0, 0.05) is 0 Å². The lowest BCUT2D eigenvalue weighted by atomic mass is 10.1. The molecule has 100 valence electrons. The summed E-state index contributed by atoms with van der Waals surface area (Å²) in [5.41, 5.74) is 2.82. The van der Waals surface area contributed by atoms with Crippen molar-refractivity contribution in [1.82, 2.24) is 0 Å². The van der Waals surface area contributed by atoms with Gasteiger partial charge in [-0.05, 0) is 35.7 Å². The highest BCUT2D eigenvalue weighted by molar-refractivity contribution is 5.29. The molecule has 0 saturated carbocycles. The average Bonchev–Trinajstić information content (AvgIpc) is 2.46. The molecule has 0 aliphatic carbocycles. The summed E-state index contributed by atoms with van der Waals surface area (Å²) in [7, 11) is 0. The summed E-state index contributed by atoms with van der Waals surface area (Å²) in [5.74, 6) is 0.774. The lowest BCUT2D eigenvalue weighted by molar-refractivity contribution is 0.199. The third-order valence-corrected chi connectivity index (χ3v) is 2.97. The molecule has 2 N–H and O–H groups in total. The standard InChI is InChI=1S/C16H18O3/c1-12(18)15-6-8-16(9-7-15)19-11-14-4-2-13(10-17)3-5-14/h2-9,12,17-18H,10-11H2,1H3/t12-/m0/s1. The largest absolute Gasteiger partial charge is 0.489 e. The molecule has 0 amide bonds. The van der Waals surface area contributed by atoms with Crippen LogP contribution in [-0.2, 0) is 13.2 Å². The van der Waals surface area contributed by atoms with E-state index in [-0.39, 0.29) is 6.61 Å². The SMILES string of the molecule is C[C@H](O)c1ccc(OCc2ccc(CO)cc2)cc1. The molecule has 0 aliphatic rings. The summed E-state index contributed by atoms with van der Waals surface area (Å²) < 4.78 is 5.66. The zero-order valence-electron chi connectivity index (χ0n) is 10.9. The second-order valence-corrected chi connectivity index (χ2v) is 4.51. The maximum Gasteiger partial charge on any atom is 0.119 e. The topological polar surface area (TPSA) is 49.7 Å². The Morgan fingerprint density at radius 1 is 0.947 bits per heavy atom. The summed E-state index contributed by atoms with van der Waals surface area (Å²) >= 11 is 0. The van der Waals surface area contributed by atoms with Gasteiger partial charge in [-0.3, -0.25) is 0 Å². The minimum absolute atomic E-state index is 0.0575. The first-order valence-corrected chi connectivity index (χ1v) is 6.28. The molecule has 2 aromatic carbocycles. The zero-order chi connectivity index (χ0) is 13.7. The van der Waals surface area contributed by atoms with Crippen LogP contribution in [0.4, 0.5) is 0 Å². The van der Waals surface area contributed by atoms with E-state index >= 15 is 0 Å². The molecule has 1 atom stereocenters. The van der Waals surface area contributed by atoms with Gasteiger partial charge >= 0.3 is 0 Å². The molecule has 0 heterocycles. The molecular weight excluding hydrogens is 240 g/mol. The molecular formula is C16H18O3. The highest BCUT2D eigenvalue weighted by Gasteiger charge is 2.01. The lowest BCUT2D eigenvalue weighted by Crippen LogP contribution is -1.96. The summed E-state index contributed by atoms with van der Waals surface area (Å²) in [5, 5.41) is 18.4. The van der Waals surface area contributed by atoms with E-state index in [1.807, 2.05) is 48.5 Å². The van der Waals surface area contributed by atoms with E-state index in [1.54, 1.807) is 6.92 Å². The molecule has 0 fully saturated rings. The van der Waals surface area contributed by atoms with Crippen LogP contribution in [0.5, 0.6) is 5.75 Å². The molecule has 0 aromatic heterocycles. The lowest BCUT2D eigenvalue weighted by Gasteiger charge is -2.09. The molecule has 19 heavy (non-hydrogen) atoms. The highest BCUT2D eigenvalue weighted by Crippen LogP contribution is 2.18. The van der Waals surface area contributed by atoms with Gasteiger partial charge in [-0.25, -0.2) is 0 Å². The van der Waals surface area contributed by atoms with Crippen molar-refractivity contribution in [3.05, 3.63) is 65.2 Å². The van der Waals surface area contributed by atoms with Crippen molar-refractivity contribution < 1.29 is 14.9 Å². The third kappa shape index (κ3) is 3.81. The maximum atomic E-state index is 9.41. The van der Waals surface area contributed by atoms with E-state index in [1.165, 1.54) is 0 Å². The van der Waals surface area contributed by atoms with Crippen LogP contribution in [0.3, 0.4) is 0 Å². The van der Waals surface area contributed by atoms with Crippen molar-refractivity contribution in [3.63, 3.8) is 0 Å². The second kappa shape index (κ2) is 6.36. The number of benzene rings is 2. The van der Waals surface area contributed by atoms with Crippen LogP contribution < -0.4 is 4.74 Å². The minimum Gasteiger partial charge on any atom is -0.489 e. The van der Waals surface area contributed by atoms with Gasteiger partial charge in [0.15, 0.2) is 0 Å². The van der Waals surface area contributed by atoms with Gasteiger partial charge in [0.25, 0.3) is 0 Å². The minimum atomic E-state index is -0.458. The van der Waals surface area contributed by atoms with E-state index in [9.17, 15) is 5.11 Å². The van der Waals surface area contributed by atoms with Gasteiger partial charge in [-0.2, -0.15) is 0 Å². The third-order valence-electron chi connectivity index (χ3n) is 2.97. The second-order valence-electron chi connectivity index (χ2n) is 4.51. The average molecular weight is 258 g/mol. The molecule has 3 heteroatoms. The number of rotatable bonds is 5. The van der Waals surface area contributed by atoms with Crippen LogP contribution in [0.2, 0.25) is 0 Å². The number of hydrogen-bond acceptors (Lipinski definition) is 3. The first-order valence-electron chi connectivity index (χ1n) is 6.28. The Hall–Kier alpha value is -1.84. The number of aliphatic hydroxyl groups excluding tert-OH is 2. The van der Waals surface area contributed by atoms with Gasteiger partial charge in [0.05, 0.1) is 12.7 Å². The van der Waals surface area contributed by atoms with Gasteiger partial charge in [-0.15, -0.1) is 0 Å². The fourth-order valence-electron chi connectivity index (χ4n) is 1.75. The van der Waals surface area contributed by atoms with Crippen molar-refractivity contribution >= 4 is 0 Å². The van der Waals surface area contributed by atoms with Crippen LogP contribution in [0, 0.1) is 0 Å². The zero-order valence-corrected chi connectivity index (χ0v) is 10.9. The van der Waals surface area contributed by atoms with Crippen LogP contribution in [0.25, 0.3) is 0 Å². The van der Waals surface area contributed by atoms with E-state index < -0.39 is 6.10 Å². The Bertz CT molecular complexity index is 501. The van der Waals surface area contributed by atoms with Crippen LogP contribution in [0.15, 0.2) is 48.5 Å². The molecule has 2 rings (SSSR count). The predicted molar refractivity (Wildman–Crippen MR) is 73.8 cm³/mol. The smallest absolute Gasteiger partial charge is 0.119 e. The molecule has 0 bridgehead atoms. The van der Waals surface area contributed by atoms with Crippen LogP contribution in [0.1, 0.15) is 29.7 Å². The van der Waals surface area contributed by atoms with Gasteiger partial charge < -0.3 is 14.9 Å². The number of aliphatic hydroxyl groups is 2. The fraction of sp³-hybridized carbons (Fsp3) is 0.250. The molecule has 0 saturated heterocycles. The number of ether oxygens (including phenoxy) is 1. The van der Waals surface area contributed by atoms with Crippen molar-refractivity contribution in [2.45, 2.75) is 26.2 Å². The fourth-order valence-corrected chi connectivity index (χ4v) is 1.75. The maximum absolute atomic E-state index is 9.41. The molecule has 0 radical (unpaired) electrons. The van der Waals surface area contributed by atoms with Gasteiger partial charge in [0.1, 0.15) is 12.4 Å². The van der Waals surface area contributed by atoms with Crippen molar-refractivity contribution in [2.75, 3.05) is 0 Å². The first kappa shape index (κ1) is 13.6. The Labute approximate surface area is 113 Å². The van der Waals surface area contributed by atoms with Crippen LogP contribution >= 0.6 is 0 Å². The molecule has 0 spiro atoms. The van der Waals surface area contributed by atoms with Crippen molar-refractivity contribution in [2.24, 2.45) is 0 Å². The summed E-state index contributed by atoms with van der Waals surface area (Å²) in [6.07, 6.45) is -0.458. The molecule has 0 unspecified atom stereocenters. The quantitative estimate of drug-likeness (QED) is 0.867. The monoisotopic (exact) mass is 258 g/mol. The van der Waals surface area contributed by atoms with Gasteiger partial charge in [0.2, 0.25) is 0 Å². The van der Waals surface area contributed by atoms with E-state index in [0.29, 0.717) is 6.61 Å². The summed E-state index contributed by atoms with van der Waals surface area (Å²) in [6.45, 7) is 2.28. The normalized spacial score (nSPS) is 12.2. The van der Waals surface area contributed by atoms with Crippen LogP contribution in [-0.4, -0.2) is 10.2 Å². The predicted octanol–water partition coefficient (Wildman–Crippen LogP) is 2.81. The molecule has 2 aromatic rings. The van der Waals surface area contributed by atoms with E-state index in [0.717, 1.165) is 22.4 Å². The highest BCUT2D eigenvalue weighted by atomic mass is 16.5. The van der Waals surface area contributed by atoms with E-state index in [4.69, 9.17) is 9.84 Å². The first-order chi connectivity index (χ1) is 9.19. The Balaban J connectivity index is 1.94. The van der Waals surface area contributed by atoms with E-state index in [2.05, 4.69) is 0 Å². The molecule has 3 nitrogen and oxygen atoms in total. The Kier molecular flexibility index (Phi) is 4.55. The Morgan fingerprint density at radius 3 is 2.05 bits per heavy atom. The summed E-state index contributed by atoms with van der Waals surface area (Å²) in [4.78, 5) is 0. The van der Waals surface area contributed by atoms with Crippen molar-refractivity contribution in [3.8, 4) is 5.75 Å². The number of hydrogen-bond donors (Lipinski definition) is 2. The molecule has 0 aliphatic heterocycles.